The van der Waals surface area contributed by atoms with Crippen LogP contribution in [0.3, 0.4) is 0 Å². The van der Waals surface area contributed by atoms with Gasteiger partial charge in [-0.2, -0.15) is 5.26 Å². The Balaban J connectivity index is 1.44. The van der Waals surface area contributed by atoms with Gasteiger partial charge in [0.1, 0.15) is 17.4 Å². The topological polar surface area (TPSA) is 106 Å². The van der Waals surface area contributed by atoms with Crippen molar-refractivity contribution in [2.24, 2.45) is 17.1 Å². The van der Waals surface area contributed by atoms with E-state index in [1.165, 1.54) is 12.8 Å². The third-order valence-electron chi connectivity index (χ3n) is 11.5. The molecule has 4 atom stereocenters. The number of nitrogens with zero attached hydrogens (tertiary/aromatic N) is 5. The summed E-state index contributed by atoms with van der Waals surface area (Å²) >= 11 is 6.86. The van der Waals surface area contributed by atoms with Gasteiger partial charge in [0, 0.05) is 55.9 Å². The molecule has 0 aromatic heterocycles. The van der Waals surface area contributed by atoms with Crippen LogP contribution in [0, 0.1) is 22.7 Å². The molecule has 4 aliphatic rings. The van der Waals surface area contributed by atoms with Gasteiger partial charge in [0.15, 0.2) is 0 Å². The van der Waals surface area contributed by atoms with Gasteiger partial charge in [-0.05, 0) is 102 Å². The summed E-state index contributed by atoms with van der Waals surface area (Å²) in [5.41, 5.74) is 8.44. The van der Waals surface area contributed by atoms with E-state index in [2.05, 4.69) is 34.9 Å². The zero-order chi connectivity index (χ0) is 34.3. The highest BCUT2D eigenvalue weighted by atomic mass is 35.5. The second-order valence-corrected chi connectivity index (χ2v) is 15.7. The van der Waals surface area contributed by atoms with E-state index in [-0.39, 0.29) is 29.2 Å². The molecule has 1 saturated heterocycles. The van der Waals surface area contributed by atoms with Gasteiger partial charge < -0.3 is 30.1 Å². The van der Waals surface area contributed by atoms with Gasteiger partial charge in [-0.25, -0.2) is 0 Å². The highest BCUT2D eigenvalue weighted by molar-refractivity contribution is 6.23. The Kier molecular flexibility index (Phi) is 12.4. The van der Waals surface area contributed by atoms with Crippen molar-refractivity contribution < 1.29 is 14.3 Å². The number of alkyl halides is 1. The minimum Gasteiger partial charge on any atom is -0.497 e. The predicted molar refractivity (Wildman–Crippen MR) is 190 cm³/mol. The zero-order valence-electron chi connectivity index (χ0n) is 29.5. The molecule has 1 aromatic rings. The molecule has 10 heteroatoms. The van der Waals surface area contributed by atoms with E-state index < -0.39 is 5.00 Å². The highest BCUT2D eigenvalue weighted by Gasteiger charge is 2.54. The number of rotatable bonds is 7. The Morgan fingerprint density at radius 3 is 2.27 bits per heavy atom. The van der Waals surface area contributed by atoms with Crippen molar-refractivity contribution in [3.8, 4) is 11.8 Å². The number of nitriles is 1. The molecule has 3 fully saturated rings. The fraction of sp³-hybridized carbons (Fsp3) is 0.711. The van der Waals surface area contributed by atoms with Crippen molar-refractivity contribution in [2.45, 2.75) is 101 Å². The van der Waals surface area contributed by atoms with Crippen molar-refractivity contribution in [1.29, 1.82) is 5.26 Å². The SMILES string of the molecule is COc1ccc(C(=O)N2CCN(C3=C(C#N)C(=O)N(CCCN(C)C)C4C3CCCC43CCCCCCCC(N)(Cl)CCC3)CC2)cc1. The summed E-state index contributed by atoms with van der Waals surface area (Å²) in [7, 11) is 5.75. The fourth-order valence-electron chi connectivity index (χ4n) is 9.12. The Morgan fingerprint density at radius 1 is 0.979 bits per heavy atom. The first-order valence-corrected chi connectivity index (χ1v) is 18.7. The molecule has 1 aromatic carbocycles. The van der Waals surface area contributed by atoms with Gasteiger partial charge in [-0.3, -0.25) is 9.59 Å². The number of carbonyl (C=O) groups excluding carboxylic acids is 2. The van der Waals surface area contributed by atoms with Crippen LogP contribution >= 0.6 is 11.6 Å². The number of nitrogens with two attached hydrogens (primary N) is 1. The molecule has 264 valence electrons. The standard InChI is InChI=1S/C38H57ClN6O3/c1-42(2)22-11-23-45-34-31(12-9-18-37(34)17-7-5-4-6-8-20-38(39,41)21-10-19-37)33(32(28-40)36(45)47)43-24-26-44(27-25-43)35(46)29-13-15-30(48-3)16-14-29/h13-16,31,34H,4-12,17-27,41H2,1-3H3. The van der Waals surface area contributed by atoms with E-state index in [1.54, 1.807) is 7.11 Å². The lowest BCUT2D eigenvalue weighted by atomic mass is 9.58. The number of benzene rings is 1. The first kappa shape index (κ1) is 36.5. The number of ether oxygens (including phenoxy) is 1. The lowest BCUT2D eigenvalue weighted by Crippen LogP contribution is -2.62. The van der Waals surface area contributed by atoms with E-state index >= 15 is 0 Å². The average molecular weight is 681 g/mol. The molecule has 2 saturated carbocycles. The average Bonchev–Trinajstić information content (AvgIpc) is 3.07. The summed E-state index contributed by atoms with van der Waals surface area (Å²) in [4.78, 5) is 35.7. The van der Waals surface area contributed by atoms with Gasteiger partial charge in [-0.15, -0.1) is 11.6 Å². The van der Waals surface area contributed by atoms with Crippen LogP contribution in [0.4, 0.5) is 0 Å². The summed E-state index contributed by atoms with van der Waals surface area (Å²) < 4.78 is 5.27. The Hall–Kier alpha value is -2.80. The van der Waals surface area contributed by atoms with E-state index in [4.69, 9.17) is 22.1 Å². The Bertz CT molecular complexity index is 1330. The van der Waals surface area contributed by atoms with Crippen LogP contribution in [-0.2, 0) is 4.79 Å². The second kappa shape index (κ2) is 16.3. The lowest BCUT2D eigenvalue weighted by Gasteiger charge is -2.57. The number of hydrogen-bond acceptors (Lipinski definition) is 7. The quantitative estimate of drug-likeness (QED) is 0.279. The molecule has 1 spiro atoms. The third kappa shape index (κ3) is 8.31. The van der Waals surface area contributed by atoms with Crippen LogP contribution in [0.25, 0.3) is 0 Å². The minimum absolute atomic E-state index is 0.00318. The van der Waals surface area contributed by atoms with Gasteiger partial charge in [0.25, 0.3) is 11.8 Å². The van der Waals surface area contributed by atoms with E-state index in [0.717, 1.165) is 95.0 Å². The van der Waals surface area contributed by atoms with Crippen molar-refractivity contribution in [3.05, 3.63) is 41.1 Å². The van der Waals surface area contributed by atoms with Gasteiger partial charge in [0.05, 0.1) is 12.1 Å². The van der Waals surface area contributed by atoms with E-state index in [0.29, 0.717) is 43.9 Å². The van der Waals surface area contributed by atoms with Gasteiger partial charge >= 0.3 is 0 Å². The molecule has 0 bridgehead atoms. The Labute approximate surface area is 293 Å². The van der Waals surface area contributed by atoms with Crippen molar-refractivity contribution in [3.63, 3.8) is 0 Å². The lowest BCUT2D eigenvalue weighted by molar-refractivity contribution is -0.140. The molecule has 4 unspecified atom stereocenters. The fourth-order valence-corrected chi connectivity index (χ4v) is 9.39. The molecule has 2 aliphatic heterocycles. The van der Waals surface area contributed by atoms with Crippen LogP contribution in [-0.4, -0.2) is 103 Å². The van der Waals surface area contributed by atoms with Gasteiger partial charge in [-0.1, -0.05) is 38.5 Å². The maximum absolute atomic E-state index is 14.5. The molecule has 2 heterocycles. The molecular weight excluding hydrogens is 624 g/mol. The zero-order valence-corrected chi connectivity index (χ0v) is 30.3. The monoisotopic (exact) mass is 680 g/mol. The maximum Gasteiger partial charge on any atom is 0.266 e. The molecule has 2 amide bonds. The third-order valence-corrected chi connectivity index (χ3v) is 11.9. The molecule has 9 nitrogen and oxygen atoms in total. The molecule has 0 radical (unpaired) electrons. The van der Waals surface area contributed by atoms with Crippen LogP contribution < -0.4 is 10.5 Å². The normalized spacial score (nSPS) is 29.3. The smallest absolute Gasteiger partial charge is 0.266 e. The molecular formula is C38H57ClN6O3. The summed E-state index contributed by atoms with van der Waals surface area (Å²) in [6.45, 7) is 3.84. The van der Waals surface area contributed by atoms with E-state index in [1.807, 2.05) is 29.2 Å². The number of carbonyl (C=O) groups is 2. The van der Waals surface area contributed by atoms with Crippen molar-refractivity contribution in [2.75, 3.05) is 60.5 Å². The predicted octanol–water partition coefficient (Wildman–Crippen LogP) is 5.99. The van der Waals surface area contributed by atoms with Crippen LogP contribution in [0.5, 0.6) is 5.75 Å². The maximum atomic E-state index is 14.5. The van der Waals surface area contributed by atoms with Gasteiger partial charge in [0.2, 0.25) is 0 Å². The number of halogens is 1. The van der Waals surface area contributed by atoms with Crippen LogP contribution in [0.1, 0.15) is 100 Å². The van der Waals surface area contributed by atoms with Crippen LogP contribution in [0.15, 0.2) is 35.5 Å². The number of amides is 2. The number of fused-ring (bicyclic) bond motifs is 2. The minimum atomic E-state index is -0.676. The number of hydrogen-bond donors (Lipinski definition) is 1. The first-order chi connectivity index (χ1) is 23.1. The van der Waals surface area contributed by atoms with Crippen LogP contribution in [0.2, 0.25) is 0 Å². The second-order valence-electron chi connectivity index (χ2n) is 15.0. The Morgan fingerprint density at radius 2 is 1.60 bits per heavy atom. The summed E-state index contributed by atoms with van der Waals surface area (Å²) in [5.74, 6) is 0.705. The van der Waals surface area contributed by atoms with E-state index in [9.17, 15) is 14.9 Å². The summed E-state index contributed by atoms with van der Waals surface area (Å²) in [5, 5.41) is 10.6. The summed E-state index contributed by atoms with van der Waals surface area (Å²) in [6, 6.07) is 9.68. The molecule has 5 rings (SSSR count). The summed E-state index contributed by atoms with van der Waals surface area (Å²) in [6.07, 6.45) is 14.4. The first-order valence-electron chi connectivity index (χ1n) is 18.4. The number of piperazine rings is 1. The van der Waals surface area contributed by atoms with Crippen molar-refractivity contribution in [1.82, 2.24) is 19.6 Å². The molecule has 2 aliphatic carbocycles. The molecule has 2 N–H and O–H groups in total. The molecule has 48 heavy (non-hydrogen) atoms. The highest BCUT2D eigenvalue weighted by Crippen LogP contribution is 2.54. The largest absolute Gasteiger partial charge is 0.497 e. The van der Waals surface area contributed by atoms with Crippen molar-refractivity contribution >= 4 is 23.4 Å². The number of methoxy groups -OCH3 is 1.